The van der Waals surface area contributed by atoms with Crippen LogP contribution in [-0.2, 0) is 0 Å². The molecule has 0 aliphatic rings. The Labute approximate surface area is 179 Å². The van der Waals surface area contributed by atoms with Crippen LogP contribution in [0, 0.1) is 7.14 Å². The van der Waals surface area contributed by atoms with Gasteiger partial charge >= 0.3 is 0 Å². The van der Waals surface area contributed by atoms with Crippen molar-refractivity contribution in [2.45, 2.75) is 0 Å². The summed E-state index contributed by atoms with van der Waals surface area (Å²) in [5, 5.41) is 0. The fourth-order valence-corrected chi connectivity index (χ4v) is 3.27. The van der Waals surface area contributed by atoms with Gasteiger partial charge in [-0.1, -0.05) is 54.6 Å². The highest BCUT2D eigenvalue weighted by atomic mass is 127. The summed E-state index contributed by atoms with van der Waals surface area (Å²) >= 11 is 4.59. The Morgan fingerprint density at radius 3 is 1.15 bits per heavy atom. The van der Waals surface area contributed by atoms with Crippen LogP contribution in [0.15, 0.2) is 78.9 Å². The van der Waals surface area contributed by atoms with Crippen LogP contribution in [0.2, 0.25) is 0 Å². The lowest BCUT2D eigenvalue weighted by Crippen LogP contribution is -2.00. The van der Waals surface area contributed by atoms with E-state index in [2.05, 4.69) is 69.4 Å². The molecule has 3 aromatic carbocycles. The van der Waals surface area contributed by atoms with Gasteiger partial charge in [-0.15, -0.1) is 0 Å². The molecule has 0 aliphatic carbocycles. The second kappa shape index (κ2) is 7.79. The van der Waals surface area contributed by atoms with Gasteiger partial charge in [0.1, 0.15) is 0 Å². The van der Waals surface area contributed by atoms with Gasteiger partial charge < -0.3 is 0 Å². The zero-order valence-electron chi connectivity index (χ0n) is 13.6. The summed E-state index contributed by atoms with van der Waals surface area (Å²) < 4.78 is 2.36. The minimum Gasteiger partial charge on any atom is -0.208 e. The standard InChI is InChI=1S/C21H13I2N3/c22-17-10-6-15(7-11-17)20-24-19(14-4-2-1-3-5-14)25-21(26-20)16-8-12-18(23)13-9-16/h1-13H. The molecule has 0 saturated carbocycles. The second-order valence-electron chi connectivity index (χ2n) is 5.69. The highest BCUT2D eigenvalue weighted by molar-refractivity contribution is 14.1. The van der Waals surface area contributed by atoms with Gasteiger partial charge in [0.05, 0.1) is 0 Å². The first-order valence-corrected chi connectivity index (χ1v) is 10.2. The molecule has 0 N–H and O–H groups in total. The monoisotopic (exact) mass is 561 g/mol. The molecular weight excluding hydrogens is 548 g/mol. The summed E-state index contributed by atoms with van der Waals surface area (Å²) in [6.07, 6.45) is 0. The molecule has 0 radical (unpaired) electrons. The van der Waals surface area contributed by atoms with Crippen molar-refractivity contribution < 1.29 is 0 Å². The van der Waals surface area contributed by atoms with Crippen molar-refractivity contribution in [3.63, 3.8) is 0 Å². The van der Waals surface area contributed by atoms with Gasteiger partial charge in [0.2, 0.25) is 0 Å². The molecule has 0 aliphatic heterocycles. The minimum absolute atomic E-state index is 0.683. The Morgan fingerprint density at radius 1 is 0.423 bits per heavy atom. The number of aromatic nitrogens is 3. The zero-order valence-corrected chi connectivity index (χ0v) is 17.9. The molecule has 0 unspecified atom stereocenters. The van der Waals surface area contributed by atoms with Gasteiger partial charge in [0.25, 0.3) is 0 Å². The molecule has 1 aromatic heterocycles. The quantitative estimate of drug-likeness (QED) is 0.285. The average Bonchev–Trinajstić information content (AvgIpc) is 2.69. The second-order valence-corrected chi connectivity index (χ2v) is 8.18. The van der Waals surface area contributed by atoms with E-state index in [4.69, 9.17) is 15.0 Å². The highest BCUT2D eigenvalue weighted by Crippen LogP contribution is 2.25. The molecular formula is C21H13I2N3. The van der Waals surface area contributed by atoms with Crippen LogP contribution in [-0.4, -0.2) is 15.0 Å². The molecule has 0 fully saturated rings. The van der Waals surface area contributed by atoms with E-state index >= 15 is 0 Å². The molecule has 3 nitrogen and oxygen atoms in total. The van der Waals surface area contributed by atoms with E-state index in [1.165, 1.54) is 7.14 Å². The fraction of sp³-hybridized carbons (Fsp3) is 0. The number of hydrogen-bond acceptors (Lipinski definition) is 3. The van der Waals surface area contributed by atoms with E-state index in [9.17, 15) is 0 Å². The van der Waals surface area contributed by atoms with Crippen molar-refractivity contribution in [2.75, 3.05) is 0 Å². The molecule has 0 bridgehead atoms. The Morgan fingerprint density at radius 2 is 0.769 bits per heavy atom. The van der Waals surface area contributed by atoms with Crippen LogP contribution in [0.4, 0.5) is 0 Å². The number of benzene rings is 3. The summed E-state index contributed by atoms with van der Waals surface area (Å²) in [6, 6.07) is 26.4. The molecule has 0 spiro atoms. The van der Waals surface area contributed by atoms with Gasteiger partial charge in [-0.2, -0.15) is 0 Å². The van der Waals surface area contributed by atoms with Crippen LogP contribution >= 0.6 is 45.2 Å². The van der Waals surface area contributed by atoms with Gasteiger partial charge in [0.15, 0.2) is 17.5 Å². The highest BCUT2D eigenvalue weighted by Gasteiger charge is 2.12. The van der Waals surface area contributed by atoms with Crippen molar-refractivity contribution >= 4 is 45.2 Å². The van der Waals surface area contributed by atoms with Crippen molar-refractivity contribution in [1.82, 2.24) is 15.0 Å². The Balaban J connectivity index is 1.89. The molecule has 0 saturated heterocycles. The van der Waals surface area contributed by atoms with Crippen LogP contribution in [0.3, 0.4) is 0 Å². The summed E-state index contributed by atoms with van der Waals surface area (Å²) in [5.41, 5.74) is 2.95. The number of rotatable bonds is 3. The number of hydrogen-bond donors (Lipinski definition) is 0. The molecule has 26 heavy (non-hydrogen) atoms. The van der Waals surface area contributed by atoms with Crippen molar-refractivity contribution in [3.8, 4) is 34.2 Å². The Kier molecular flexibility index (Phi) is 5.26. The van der Waals surface area contributed by atoms with Gasteiger partial charge in [0, 0.05) is 23.8 Å². The predicted octanol–water partition coefficient (Wildman–Crippen LogP) is 6.08. The minimum atomic E-state index is 0.683. The first-order chi connectivity index (χ1) is 12.7. The van der Waals surface area contributed by atoms with E-state index in [0.29, 0.717) is 17.5 Å². The van der Waals surface area contributed by atoms with Crippen LogP contribution in [0.1, 0.15) is 0 Å². The third-order valence-corrected chi connectivity index (χ3v) is 5.31. The first kappa shape index (κ1) is 17.5. The summed E-state index contributed by atoms with van der Waals surface area (Å²) in [7, 11) is 0. The number of nitrogens with zero attached hydrogens (tertiary/aromatic N) is 3. The van der Waals surface area contributed by atoms with Gasteiger partial charge in [-0.25, -0.2) is 15.0 Å². The Hall–Kier alpha value is -1.87. The number of halogens is 2. The van der Waals surface area contributed by atoms with Crippen LogP contribution in [0.5, 0.6) is 0 Å². The molecule has 4 aromatic rings. The van der Waals surface area contributed by atoms with Crippen molar-refractivity contribution in [1.29, 1.82) is 0 Å². The van der Waals surface area contributed by atoms with Gasteiger partial charge in [-0.3, -0.25) is 0 Å². The van der Waals surface area contributed by atoms with E-state index in [1.807, 2.05) is 54.6 Å². The summed E-state index contributed by atoms with van der Waals surface area (Å²) in [5.74, 6) is 2.05. The van der Waals surface area contributed by atoms with E-state index in [0.717, 1.165) is 16.7 Å². The summed E-state index contributed by atoms with van der Waals surface area (Å²) in [6.45, 7) is 0. The first-order valence-electron chi connectivity index (χ1n) is 8.02. The molecule has 5 heteroatoms. The molecule has 0 amide bonds. The molecule has 4 rings (SSSR count). The maximum Gasteiger partial charge on any atom is 0.164 e. The van der Waals surface area contributed by atoms with Crippen molar-refractivity contribution in [2.24, 2.45) is 0 Å². The third-order valence-electron chi connectivity index (χ3n) is 3.87. The zero-order chi connectivity index (χ0) is 17.9. The Bertz CT molecular complexity index is 967. The molecule has 0 atom stereocenters. The topological polar surface area (TPSA) is 38.7 Å². The lowest BCUT2D eigenvalue weighted by Gasteiger charge is -2.08. The lowest BCUT2D eigenvalue weighted by atomic mass is 10.1. The largest absolute Gasteiger partial charge is 0.208 e. The van der Waals surface area contributed by atoms with E-state index in [-0.39, 0.29) is 0 Å². The summed E-state index contributed by atoms with van der Waals surface area (Å²) in [4.78, 5) is 14.2. The maximum absolute atomic E-state index is 4.73. The fourth-order valence-electron chi connectivity index (χ4n) is 2.55. The van der Waals surface area contributed by atoms with E-state index in [1.54, 1.807) is 0 Å². The molecule has 1 heterocycles. The van der Waals surface area contributed by atoms with Crippen LogP contribution in [0.25, 0.3) is 34.2 Å². The van der Waals surface area contributed by atoms with Gasteiger partial charge in [-0.05, 0) is 69.4 Å². The normalized spacial score (nSPS) is 10.7. The average molecular weight is 561 g/mol. The molecule has 126 valence electrons. The smallest absolute Gasteiger partial charge is 0.164 e. The third kappa shape index (κ3) is 3.93. The maximum atomic E-state index is 4.73. The predicted molar refractivity (Wildman–Crippen MR) is 122 cm³/mol. The lowest BCUT2D eigenvalue weighted by molar-refractivity contribution is 1.07. The van der Waals surface area contributed by atoms with Crippen LogP contribution < -0.4 is 0 Å². The van der Waals surface area contributed by atoms with E-state index < -0.39 is 0 Å². The SMILES string of the molecule is Ic1ccc(-c2nc(-c3ccccc3)nc(-c3ccc(I)cc3)n2)cc1. The van der Waals surface area contributed by atoms with Crippen molar-refractivity contribution in [3.05, 3.63) is 86.0 Å².